The van der Waals surface area contributed by atoms with Gasteiger partial charge in [0.1, 0.15) is 5.75 Å². The molecular formula is C17H17NO3. The highest BCUT2D eigenvalue weighted by molar-refractivity contribution is 6.06. The van der Waals surface area contributed by atoms with Crippen LogP contribution in [0.2, 0.25) is 0 Å². The first kappa shape index (κ1) is 14.9. The summed E-state index contributed by atoms with van der Waals surface area (Å²) in [4.78, 5) is 15.9. The Morgan fingerprint density at radius 1 is 1.29 bits per heavy atom. The number of allylic oxidation sites excluding steroid dienone is 1. The predicted molar refractivity (Wildman–Crippen MR) is 81.3 cm³/mol. The van der Waals surface area contributed by atoms with Crippen molar-refractivity contribution < 1.29 is 14.3 Å². The van der Waals surface area contributed by atoms with E-state index in [2.05, 4.69) is 4.98 Å². The molecule has 0 fully saturated rings. The van der Waals surface area contributed by atoms with Crippen LogP contribution in [0.1, 0.15) is 21.5 Å². The number of hydrogen-bond acceptors (Lipinski definition) is 4. The first-order valence-corrected chi connectivity index (χ1v) is 6.53. The fraction of sp³-hybridized carbons (Fsp3) is 0.176. The Kier molecular flexibility index (Phi) is 5.23. The summed E-state index contributed by atoms with van der Waals surface area (Å²) >= 11 is 0. The number of benzene rings is 1. The Hall–Kier alpha value is -2.46. The van der Waals surface area contributed by atoms with Crippen LogP contribution in [0.3, 0.4) is 0 Å². The molecule has 0 spiro atoms. The molecule has 0 aliphatic carbocycles. The van der Waals surface area contributed by atoms with Crippen molar-refractivity contribution in [3.05, 3.63) is 65.5 Å². The molecule has 4 heteroatoms. The Morgan fingerprint density at radius 3 is 2.81 bits per heavy atom. The lowest BCUT2D eigenvalue weighted by Crippen LogP contribution is -1.96. The van der Waals surface area contributed by atoms with Crippen LogP contribution in [0, 0.1) is 0 Å². The Bertz CT molecular complexity index is 636. The lowest BCUT2D eigenvalue weighted by atomic mass is 10.1. The van der Waals surface area contributed by atoms with Crippen molar-refractivity contribution in [1.29, 1.82) is 0 Å². The van der Waals surface area contributed by atoms with Gasteiger partial charge < -0.3 is 9.47 Å². The maximum absolute atomic E-state index is 12.0. The van der Waals surface area contributed by atoms with E-state index in [1.54, 1.807) is 44.8 Å². The van der Waals surface area contributed by atoms with Crippen molar-refractivity contribution in [2.45, 2.75) is 6.61 Å². The van der Waals surface area contributed by atoms with E-state index in [4.69, 9.17) is 9.47 Å². The number of methoxy groups -OCH3 is 2. The molecule has 0 radical (unpaired) electrons. The molecular weight excluding hydrogens is 266 g/mol. The highest BCUT2D eigenvalue weighted by Crippen LogP contribution is 2.21. The summed E-state index contributed by atoms with van der Waals surface area (Å²) in [6.07, 6.45) is 6.50. The second-order valence-electron chi connectivity index (χ2n) is 4.44. The summed E-state index contributed by atoms with van der Waals surface area (Å²) < 4.78 is 10.4. The third-order valence-electron chi connectivity index (χ3n) is 2.98. The molecule has 21 heavy (non-hydrogen) atoms. The standard InChI is InChI=1S/C17H17NO3/c1-20-12-15-10-13(6-8-17(15)21-2)5-7-16(19)14-4-3-9-18-11-14/h3-11H,12H2,1-2H3/b7-5+. The van der Waals surface area contributed by atoms with Gasteiger partial charge in [-0.3, -0.25) is 9.78 Å². The molecule has 108 valence electrons. The molecule has 0 saturated carbocycles. The van der Waals surface area contributed by atoms with E-state index in [0.717, 1.165) is 16.9 Å². The second-order valence-corrected chi connectivity index (χ2v) is 4.44. The third kappa shape index (κ3) is 4.00. The maximum atomic E-state index is 12.0. The molecule has 1 aromatic heterocycles. The summed E-state index contributed by atoms with van der Waals surface area (Å²) in [6.45, 7) is 0.460. The molecule has 2 rings (SSSR count). The molecule has 2 aromatic rings. The summed E-state index contributed by atoms with van der Waals surface area (Å²) in [5, 5.41) is 0. The number of ketones is 1. The van der Waals surface area contributed by atoms with Crippen LogP contribution in [0.25, 0.3) is 6.08 Å². The number of carbonyl (C=O) groups excluding carboxylic acids is 1. The van der Waals surface area contributed by atoms with Crippen LogP contribution in [-0.2, 0) is 11.3 Å². The topological polar surface area (TPSA) is 48.4 Å². The molecule has 0 saturated heterocycles. The highest BCUT2D eigenvalue weighted by atomic mass is 16.5. The fourth-order valence-electron chi connectivity index (χ4n) is 1.95. The Balaban J connectivity index is 2.17. The van der Waals surface area contributed by atoms with Crippen molar-refractivity contribution in [1.82, 2.24) is 4.98 Å². The van der Waals surface area contributed by atoms with Gasteiger partial charge in [-0.2, -0.15) is 0 Å². The number of rotatable bonds is 6. The lowest BCUT2D eigenvalue weighted by molar-refractivity contribution is 0.104. The summed E-state index contributed by atoms with van der Waals surface area (Å²) in [7, 11) is 3.25. The van der Waals surface area contributed by atoms with Gasteiger partial charge in [0, 0.05) is 30.6 Å². The van der Waals surface area contributed by atoms with E-state index in [-0.39, 0.29) is 5.78 Å². The molecule has 0 amide bonds. The summed E-state index contributed by atoms with van der Waals surface area (Å²) in [6, 6.07) is 9.18. The lowest BCUT2D eigenvalue weighted by Gasteiger charge is -2.08. The van der Waals surface area contributed by atoms with Crippen LogP contribution in [0.4, 0.5) is 0 Å². The Labute approximate surface area is 124 Å². The summed E-state index contributed by atoms with van der Waals surface area (Å²) in [5.41, 5.74) is 2.43. The van der Waals surface area contributed by atoms with Gasteiger partial charge in [-0.15, -0.1) is 0 Å². The SMILES string of the molecule is COCc1cc(/C=C/C(=O)c2cccnc2)ccc1OC. The molecule has 0 atom stereocenters. The largest absolute Gasteiger partial charge is 0.496 e. The zero-order valence-electron chi connectivity index (χ0n) is 12.1. The van der Waals surface area contributed by atoms with Gasteiger partial charge in [0.2, 0.25) is 0 Å². The van der Waals surface area contributed by atoms with Crippen molar-refractivity contribution in [2.75, 3.05) is 14.2 Å². The van der Waals surface area contributed by atoms with Gasteiger partial charge >= 0.3 is 0 Å². The van der Waals surface area contributed by atoms with E-state index in [0.29, 0.717) is 12.2 Å². The van der Waals surface area contributed by atoms with Crippen LogP contribution >= 0.6 is 0 Å². The number of pyridine rings is 1. The normalized spacial score (nSPS) is 10.8. The van der Waals surface area contributed by atoms with Crippen LogP contribution < -0.4 is 4.74 Å². The predicted octanol–water partition coefficient (Wildman–Crippen LogP) is 3.13. The van der Waals surface area contributed by atoms with E-state index >= 15 is 0 Å². The number of aromatic nitrogens is 1. The molecule has 1 aromatic carbocycles. The monoisotopic (exact) mass is 283 g/mol. The van der Waals surface area contributed by atoms with Gasteiger partial charge in [0.25, 0.3) is 0 Å². The molecule has 4 nitrogen and oxygen atoms in total. The minimum absolute atomic E-state index is 0.0767. The molecule has 0 aliphatic heterocycles. The van der Waals surface area contributed by atoms with Crippen LogP contribution in [0.15, 0.2) is 48.8 Å². The number of hydrogen-bond donors (Lipinski definition) is 0. The van der Waals surface area contributed by atoms with Gasteiger partial charge in [-0.1, -0.05) is 12.1 Å². The fourth-order valence-corrected chi connectivity index (χ4v) is 1.95. The minimum Gasteiger partial charge on any atom is -0.496 e. The van der Waals surface area contributed by atoms with E-state index in [1.807, 2.05) is 18.2 Å². The van der Waals surface area contributed by atoms with Crippen molar-refractivity contribution >= 4 is 11.9 Å². The number of nitrogens with zero attached hydrogens (tertiary/aromatic N) is 1. The smallest absolute Gasteiger partial charge is 0.187 e. The van der Waals surface area contributed by atoms with Crippen LogP contribution in [0.5, 0.6) is 5.75 Å². The average molecular weight is 283 g/mol. The zero-order chi connectivity index (χ0) is 15.1. The van der Waals surface area contributed by atoms with Gasteiger partial charge in [-0.05, 0) is 35.9 Å². The molecule has 0 aliphatic rings. The second kappa shape index (κ2) is 7.36. The third-order valence-corrected chi connectivity index (χ3v) is 2.98. The minimum atomic E-state index is -0.0767. The van der Waals surface area contributed by atoms with Crippen molar-refractivity contribution in [3.8, 4) is 5.75 Å². The first-order chi connectivity index (χ1) is 10.2. The van der Waals surface area contributed by atoms with Crippen molar-refractivity contribution in [3.63, 3.8) is 0 Å². The van der Waals surface area contributed by atoms with E-state index in [9.17, 15) is 4.79 Å². The molecule has 1 heterocycles. The number of carbonyl (C=O) groups is 1. The molecule has 0 bridgehead atoms. The summed E-state index contributed by atoms with van der Waals surface area (Å²) in [5.74, 6) is 0.694. The highest BCUT2D eigenvalue weighted by Gasteiger charge is 2.04. The van der Waals surface area contributed by atoms with Crippen molar-refractivity contribution in [2.24, 2.45) is 0 Å². The quantitative estimate of drug-likeness (QED) is 0.603. The maximum Gasteiger partial charge on any atom is 0.187 e. The zero-order valence-corrected chi connectivity index (χ0v) is 12.1. The first-order valence-electron chi connectivity index (χ1n) is 6.53. The molecule has 0 unspecified atom stereocenters. The molecule has 0 N–H and O–H groups in total. The Morgan fingerprint density at radius 2 is 2.14 bits per heavy atom. The average Bonchev–Trinajstić information content (AvgIpc) is 2.54. The van der Waals surface area contributed by atoms with Gasteiger partial charge in [0.05, 0.1) is 13.7 Å². The van der Waals surface area contributed by atoms with Gasteiger partial charge in [-0.25, -0.2) is 0 Å². The number of ether oxygens (including phenoxy) is 2. The van der Waals surface area contributed by atoms with E-state index < -0.39 is 0 Å². The van der Waals surface area contributed by atoms with E-state index in [1.165, 1.54) is 6.08 Å². The van der Waals surface area contributed by atoms with Crippen LogP contribution in [-0.4, -0.2) is 25.0 Å². The van der Waals surface area contributed by atoms with Gasteiger partial charge in [0.15, 0.2) is 5.78 Å².